The van der Waals surface area contributed by atoms with Crippen LogP contribution in [-0.4, -0.2) is 28.6 Å². The average Bonchev–Trinajstić information content (AvgIpc) is 2.90. The molecule has 1 aliphatic rings. The van der Waals surface area contributed by atoms with Crippen LogP contribution in [0.4, 0.5) is 5.69 Å². The molecule has 0 amide bonds. The Morgan fingerprint density at radius 1 is 1.37 bits per heavy atom. The number of hydrogen-bond acceptors (Lipinski definition) is 4. The molecule has 19 heavy (non-hydrogen) atoms. The van der Waals surface area contributed by atoms with Crippen molar-refractivity contribution in [2.45, 2.75) is 33.2 Å². The molecule has 1 aliphatic heterocycles. The van der Waals surface area contributed by atoms with Crippen LogP contribution in [0.15, 0.2) is 17.1 Å². The van der Waals surface area contributed by atoms with Gasteiger partial charge in [-0.3, -0.25) is 4.79 Å². The first kappa shape index (κ1) is 14.4. The Bertz CT molecular complexity index is 466. The maximum atomic E-state index is 12.1. The number of aromatic nitrogens is 2. The molecule has 1 saturated heterocycles. The van der Waals surface area contributed by atoms with Crippen molar-refractivity contribution >= 4 is 18.3 Å². The lowest BCUT2D eigenvalue weighted by Gasteiger charge is -2.20. The first-order valence-corrected chi connectivity index (χ1v) is 7.68. The van der Waals surface area contributed by atoms with Crippen molar-refractivity contribution in [2.24, 2.45) is 11.8 Å². The van der Waals surface area contributed by atoms with Crippen molar-refractivity contribution in [1.82, 2.24) is 9.78 Å². The Hall–Kier alpha value is -0.970. The number of nitrogens with zero attached hydrogens (tertiary/aromatic N) is 3. The summed E-state index contributed by atoms with van der Waals surface area (Å²) < 4.78 is 1.57. The van der Waals surface area contributed by atoms with Crippen LogP contribution in [0.5, 0.6) is 0 Å². The van der Waals surface area contributed by atoms with E-state index in [1.165, 1.54) is 12.8 Å². The fourth-order valence-corrected chi connectivity index (χ4v) is 2.95. The maximum Gasteiger partial charge on any atom is 0.268 e. The molecule has 2 rings (SSSR count). The van der Waals surface area contributed by atoms with Crippen molar-refractivity contribution in [2.75, 3.05) is 23.7 Å². The van der Waals surface area contributed by atoms with E-state index in [1.54, 1.807) is 10.7 Å². The highest BCUT2D eigenvalue weighted by atomic mass is 32.1. The fourth-order valence-electron chi connectivity index (χ4n) is 2.41. The van der Waals surface area contributed by atoms with Crippen molar-refractivity contribution in [3.8, 4) is 0 Å². The molecule has 0 saturated carbocycles. The zero-order valence-corrected chi connectivity index (χ0v) is 12.6. The first-order chi connectivity index (χ1) is 9.11. The quantitative estimate of drug-likeness (QED) is 0.840. The highest BCUT2D eigenvalue weighted by Crippen LogP contribution is 2.18. The van der Waals surface area contributed by atoms with Gasteiger partial charge in [-0.25, -0.2) is 4.68 Å². The zero-order chi connectivity index (χ0) is 13.8. The summed E-state index contributed by atoms with van der Waals surface area (Å²) in [5, 5.41) is 4.32. The van der Waals surface area contributed by atoms with Gasteiger partial charge in [0, 0.05) is 25.7 Å². The van der Waals surface area contributed by atoms with Crippen LogP contribution in [0, 0.1) is 11.8 Å². The third kappa shape index (κ3) is 3.53. The predicted octanol–water partition coefficient (Wildman–Crippen LogP) is 2.05. The van der Waals surface area contributed by atoms with Gasteiger partial charge in [-0.15, -0.1) is 0 Å². The van der Waals surface area contributed by atoms with E-state index in [-0.39, 0.29) is 5.56 Å². The molecule has 0 radical (unpaired) electrons. The third-order valence-electron chi connectivity index (χ3n) is 3.91. The van der Waals surface area contributed by atoms with E-state index in [1.807, 2.05) is 6.20 Å². The van der Waals surface area contributed by atoms with Gasteiger partial charge in [0.15, 0.2) is 0 Å². The summed E-state index contributed by atoms with van der Waals surface area (Å²) in [7, 11) is 0. The van der Waals surface area contributed by atoms with Crippen LogP contribution in [0.2, 0.25) is 0 Å². The molecule has 0 bridgehead atoms. The summed E-state index contributed by atoms with van der Waals surface area (Å²) in [6, 6.07) is 1.72. The second-order valence-corrected chi connectivity index (χ2v) is 5.98. The average molecular weight is 281 g/mol. The van der Waals surface area contributed by atoms with E-state index in [2.05, 4.69) is 36.5 Å². The number of hydrogen-bond donors (Lipinski definition) is 1. The maximum absolute atomic E-state index is 12.1. The minimum Gasteiger partial charge on any atom is -0.370 e. The summed E-state index contributed by atoms with van der Waals surface area (Å²) >= 11 is 4.36. The van der Waals surface area contributed by atoms with Gasteiger partial charge in [-0.1, -0.05) is 13.8 Å². The number of thiol groups is 1. The molecule has 1 unspecified atom stereocenters. The molecule has 1 atom stereocenters. The van der Waals surface area contributed by atoms with Gasteiger partial charge in [0.1, 0.15) is 0 Å². The number of anilines is 1. The summed E-state index contributed by atoms with van der Waals surface area (Å²) in [6.45, 7) is 7.04. The van der Waals surface area contributed by atoms with Crippen molar-refractivity contribution in [1.29, 1.82) is 0 Å². The number of rotatable bonds is 5. The van der Waals surface area contributed by atoms with Crippen LogP contribution >= 0.6 is 12.6 Å². The fraction of sp³-hybridized carbons (Fsp3) is 0.714. The smallest absolute Gasteiger partial charge is 0.268 e. The molecule has 1 aromatic heterocycles. The van der Waals surface area contributed by atoms with Gasteiger partial charge in [-0.05, 0) is 30.4 Å². The Morgan fingerprint density at radius 3 is 2.58 bits per heavy atom. The lowest BCUT2D eigenvalue weighted by molar-refractivity contribution is 0.347. The molecule has 0 aromatic carbocycles. The summed E-state index contributed by atoms with van der Waals surface area (Å²) in [5.74, 6) is 1.66. The van der Waals surface area contributed by atoms with E-state index in [4.69, 9.17) is 0 Å². The van der Waals surface area contributed by atoms with Crippen molar-refractivity contribution in [3.05, 3.63) is 22.6 Å². The monoisotopic (exact) mass is 281 g/mol. The van der Waals surface area contributed by atoms with Crippen LogP contribution < -0.4 is 10.5 Å². The lowest BCUT2D eigenvalue weighted by atomic mass is 9.98. The Morgan fingerprint density at radius 2 is 2.05 bits per heavy atom. The van der Waals surface area contributed by atoms with Crippen molar-refractivity contribution in [3.63, 3.8) is 0 Å². The highest BCUT2D eigenvalue weighted by molar-refractivity contribution is 7.80. The van der Waals surface area contributed by atoms with Crippen LogP contribution in [0.1, 0.15) is 26.7 Å². The third-order valence-corrected chi connectivity index (χ3v) is 4.38. The molecule has 4 nitrogen and oxygen atoms in total. The predicted molar refractivity (Wildman–Crippen MR) is 82.1 cm³/mol. The van der Waals surface area contributed by atoms with Crippen LogP contribution in [0.3, 0.4) is 0 Å². The van der Waals surface area contributed by atoms with Gasteiger partial charge in [0.25, 0.3) is 5.56 Å². The molecule has 2 heterocycles. The minimum atomic E-state index is -0.00293. The first-order valence-electron chi connectivity index (χ1n) is 7.05. The molecular weight excluding hydrogens is 258 g/mol. The zero-order valence-electron chi connectivity index (χ0n) is 11.7. The molecule has 0 spiro atoms. The molecule has 0 aliphatic carbocycles. The van der Waals surface area contributed by atoms with E-state index in [9.17, 15) is 4.79 Å². The Labute approximate surface area is 120 Å². The minimum absolute atomic E-state index is 0.00293. The highest BCUT2D eigenvalue weighted by Gasteiger charge is 2.16. The van der Waals surface area contributed by atoms with Crippen LogP contribution in [0.25, 0.3) is 0 Å². The van der Waals surface area contributed by atoms with E-state index in [0.29, 0.717) is 18.4 Å². The van der Waals surface area contributed by atoms with E-state index < -0.39 is 0 Å². The molecule has 106 valence electrons. The van der Waals surface area contributed by atoms with E-state index >= 15 is 0 Å². The SMILES string of the molecule is CC(C)C(CS)Cn1ncc(N2CCCC2)cc1=O. The Kier molecular flexibility index (Phi) is 4.91. The normalized spacial score (nSPS) is 17.2. The molecule has 1 aromatic rings. The second kappa shape index (κ2) is 6.46. The molecular formula is C14H23N3OS. The van der Waals surface area contributed by atoms with Gasteiger partial charge >= 0.3 is 0 Å². The Balaban J connectivity index is 2.12. The van der Waals surface area contributed by atoms with Gasteiger partial charge in [-0.2, -0.15) is 17.7 Å². The van der Waals surface area contributed by atoms with Gasteiger partial charge in [0.05, 0.1) is 11.9 Å². The second-order valence-electron chi connectivity index (χ2n) is 5.61. The van der Waals surface area contributed by atoms with Gasteiger partial charge in [0.2, 0.25) is 0 Å². The van der Waals surface area contributed by atoms with Gasteiger partial charge < -0.3 is 4.90 Å². The largest absolute Gasteiger partial charge is 0.370 e. The van der Waals surface area contributed by atoms with Crippen molar-refractivity contribution < 1.29 is 0 Å². The standard InChI is InChI=1S/C14H23N3OS/c1-11(2)12(10-19)9-17-14(18)7-13(8-15-17)16-5-3-4-6-16/h7-8,11-12,19H,3-6,9-10H2,1-2H3. The van der Waals surface area contributed by atoms with Crippen LogP contribution in [-0.2, 0) is 6.54 Å². The molecule has 0 N–H and O–H groups in total. The van der Waals surface area contributed by atoms with E-state index in [0.717, 1.165) is 24.5 Å². The summed E-state index contributed by atoms with van der Waals surface area (Å²) in [5.41, 5.74) is 0.961. The molecule has 1 fully saturated rings. The lowest BCUT2D eigenvalue weighted by Crippen LogP contribution is -2.30. The topological polar surface area (TPSA) is 38.1 Å². The summed E-state index contributed by atoms with van der Waals surface area (Å²) in [4.78, 5) is 14.4. The summed E-state index contributed by atoms with van der Waals surface area (Å²) in [6.07, 6.45) is 4.24. The molecule has 5 heteroatoms.